The van der Waals surface area contributed by atoms with E-state index >= 15 is 0 Å². The zero-order chi connectivity index (χ0) is 37.5. The summed E-state index contributed by atoms with van der Waals surface area (Å²) in [6.07, 6.45) is 0. The lowest BCUT2D eigenvalue weighted by Crippen LogP contribution is -1.92. The van der Waals surface area contributed by atoms with Crippen LogP contribution in [0.1, 0.15) is 0 Å². The Morgan fingerprint density at radius 1 is 0.316 bits per heavy atom. The zero-order valence-electron chi connectivity index (χ0n) is 30.9. The smallest absolute Gasteiger partial charge is 0.143 e. The summed E-state index contributed by atoms with van der Waals surface area (Å²) in [4.78, 5) is 3.67. The standard InChI is InChI=1S/C54H34N2O/c1-3-11-35(12-4-1)41-16-9-18-44-45-19-10-17-42(54(45)57-53(41)44)36-23-21-34(22-24-36)37-25-28-49-46(31-37)47-32-38(26-29-50(47)55-49)39-27-30-52-48(33-39)43-15-7-8-20-51(43)56(52)40-13-5-2-6-14-40/h1-33,55H. The van der Waals surface area contributed by atoms with Crippen molar-refractivity contribution >= 4 is 65.6 Å². The Morgan fingerprint density at radius 3 is 1.46 bits per heavy atom. The van der Waals surface area contributed by atoms with E-state index in [1.165, 1.54) is 60.5 Å². The van der Waals surface area contributed by atoms with Crippen LogP contribution in [0, 0.1) is 0 Å². The van der Waals surface area contributed by atoms with E-state index in [-0.39, 0.29) is 0 Å². The van der Waals surface area contributed by atoms with Crippen LogP contribution in [-0.2, 0) is 0 Å². The molecule has 12 aromatic rings. The highest BCUT2D eigenvalue weighted by molar-refractivity contribution is 6.14. The number of para-hydroxylation sites is 4. The van der Waals surface area contributed by atoms with Crippen LogP contribution in [0.5, 0.6) is 0 Å². The number of nitrogens with zero attached hydrogens (tertiary/aromatic N) is 1. The highest BCUT2D eigenvalue weighted by Crippen LogP contribution is 2.41. The second-order valence-electron chi connectivity index (χ2n) is 15.0. The quantitative estimate of drug-likeness (QED) is 0.188. The molecule has 3 heterocycles. The van der Waals surface area contributed by atoms with E-state index in [1.807, 2.05) is 6.07 Å². The van der Waals surface area contributed by atoms with Gasteiger partial charge in [-0.05, 0) is 88.0 Å². The van der Waals surface area contributed by atoms with Gasteiger partial charge in [-0.3, -0.25) is 0 Å². The largest absolute Gasteiger partial charge is 0.455 e. The van der Waals surface area contributed by atoms with Gasteiger partial charge in [0, 0.05) is 60.2 Å². The number of hydrogen-bond donors (Lipinski definition) is 1. The zero-order valence-corrected chi connectivity index (χ0v) is 30.9. The molecule has 0 aliphatic heterocycles. The van der Waals surface area contributed by atoms with Gasteiger partial charge in [-0.1, -0.05) is 146 Å². The lowest BCUT2D eigenvalue weighted by atomic mass is 9.97. The Hall–Kier alpha value is -7.62. The fourth-order valence-electron chi connectivity index (χ4n) is 9.00. The van der Waals surface area contributed by atoms with Crippen molar-refractivity contribution < 1.29 is 4.42 Å². The van der Waals surface area contributed by atoms with Crippen molar-refractivity contribution in [2.24, 2.45) is 0 Å². The second-order valence-corrected chi connectivity index (χ2v) is 15.0. The van der Waals surface area contributed by atoms with E-state index in [0.717, 1.165) is 55.2 Å². The van der Waals surface area contributed by atoms with Crippen LogP contribution in [0.15, 0.2) is 205 Å². The fourth-order valence-corrected chi connectivity index (χ4v) is 9.00. The summed E-state index contributed by atoms with van der Waals surface area (Å²) < 4.78 is 9.08. The van der Waals surface area contributed by atoms with Gasteiger partial charge in [0.05, 0.1) is 11.0 Å². The van der Waals surface area contributed by atoms with E-state index in [2.05, 4.69) is 204 Å². The molecule has 0 bridgehead atoms. The van der Waals surface area contributed by atoms with Gasteiger partial charge < -0.3 is 14.0 Å². The average Bonchev–Trinajstić information content (AvgIpc) is 3.96. The number of benzene rings is 9. The van der Waals surface area contributed by atoms with Gasteiger partial charge in [-0.2, -0.15) is 0 Å². The molecule has 0 atom stereocenters. The first-order valence-electron chi connectivity index (χ1n) is 19.5. The maximum Gasteiger partial charge on any atom is 0.143 e. The monoisotopic (exact) mass is 726 g/mol. The SMILES string of the molecule is c1ccc(-c2cccc3c2oc2c(-c4ccc(-c5ccc6[nH]c7ccc(-c8ccc9c(c8)c8ccccc8n9-c8ccccc8)cc7c6c5)cc4)cccc23)cc1. The summed E-state index contributed by atoms with van der Waals surface area (Å²) in [6, 6.07) is 72.1. The Bertz CT molecular complexity index is 3490. The number of aromatic amines is 1. The molecule has 0 aliphatic rings. The van der Waals surface area contributed by atoms with Gasteiger partial charge in [0.2, 0.25) is 0 Å². The summed E-state index contributed by atoms with van der Waals surface area (Å²) in [7, 11) is 0. The summed E-state index contributed by atoms with van der Waals surface area (Å²) >= 11 is 0. The molecule has 0 fully saturated rings. The number of aromatic nitrogens is 2. The van der Waals surface area contributed by atoms with Crippen LogP contribution in [-0.4, -0.2) is 9.55 Å². The lowest BCUT2D eigenvalue weighted by Gasteiger charge is -2.08. The Balaban J connectivity index is 0.915. The van der Waals surface area contributed by atoms with E-state index in [9.17, 15) is 0 Å². The van der Waals surface area contributed by atoms with Crippen LogP contribution in [0.3, 0.4) is 0 Å². The summed E-state index contributed by atoms with van der Waals surface area (Å²) in [5, 5.41) is 7.22. The van der Waals surface area contributed by atoms with Gasteiger partial charge >= 0.3 is 0 Å². The third kappa shape index (κ3) is 4.99. The Labute approximate surface area is 328 Å². The molecule has 3 aromatic heterocycles. The van der Waals surface area contributed by atoms with Crippen LogP contribution in [0.25, 0.3) is 116 Å². The van der Waals surface area contributed by atoms with Gasteiger partial charge in [-0.15, -0.1) is 0 Å². The third-order valence-electron chi connectivity index (χ3n) is 11.8. The minimum atomic E-state index is 0.917. The van der Waals surface area contributed by atoms with Crippen molar-refractivity contribution in [3.63, 3.8) is 0 Å². The molecule has 266 valence electrons. The first-order valence-corrected chi connectivity index (χ1v) is 19.5. The molecule has 0 saturated heterocycles. The van der Waals surface area contributed by atoms with Gasteiger partial charge in [0.15, 0.2) is 0 Å². The Morgan fingerprint density at radius 2 is 0.789 bits per heavy atom. The highest BCUT2D eigenvalue weighted by atomic mass is 16.3. The molecular formula is C54H34N2O. The van der Waals surface area contributed by atoms with Crippen molar-refractivity contribution in [2.75, 3.05) is 0 Å². The van der Waals surface area contributed by atoms with E-state index in [1.54, 1.807) is 0 Å². The number of hydrogen-bond acceptors (Lipinski definition) is 1. The molecule has 0 spiro atoms. The number of rotatable bonds is 5. The summed E-state index contributed by atoms with van der Waals surface area (Å²) in [5.74, 6) is 0. The van der Waals surface area contributed by atoms with Crippen LogP contribution in [0.4, 0.5) is 0 Å². The highest BCUT2D eigenvalue weighted by Gasteiger charge is 2.17. The number of H-pyrrole nitrogens is 1. The van der Waals surface area contributed by atoms with Gasteiger partial charge in [0.1, 0.15) is 11.2 Å². The van der Waals surface area contributed by atoms with Crippen LogP contribution in [0.2, 0.25) is 0 Å². The van der Waals surface area contributed by atoms with Crippen LogP contribution >= 0.6 is 0 Å². The molecule has 0 saturated carbocycles. The molecule has 57 heavy (non-hydrogen) atoms. The predicted octanol–water partition coefficient (Wildman–Crippen LogP) is 15.0. The minimum absolute atomic E-state index is 0.917. The van der Waals surface area contributed by atoms with E-state index in [4.69, 9.17) is 4.42 Å². The average molecular weight is 727 g/mol. The van der Waals surface area contributed by atoms with E-state index in [0.29, 0.717) is 0 Å². The summed E-state index contributed by atoms with van der Waals surface area (Å²) in [6.45, 7) is 0. The molecule has 0 unspecified atom stereocenters. The van der Waals surface area contributed by atoms with Crippen molar-refractivity contribution in [1.82, 2.24) is 9.55 Å². The maximum absolute atomic E-state index is 6.71. The van der Waals surface area contributed by atoms with Crippen LogP contribution < -0.4 is 0 Å². The van der Waals surface area contributed by atoms with Crippen molar-refractivity contribution in [3.8, 4) is 50.2 Å². The molecule has 1 N–H and O–H groups in total. The first kappa shape index (κ1) is 31.7. The molecule has 0 aliphatic carbocycles. The number of furan rings is 1. The third-order valence-corrected chi connectivity index (χ3v) is 11.8. The lowest BCUT2D eigenvalue weighted by molar-refractivity contribution is 0.671. The van der Waals surface area contributed by atoms with Gasteiger partial charge in [0.25, 0.3) is 0 Å². The molecule has 3 nitrogen and oxygen atoms in total. The topological polar surface area (TPSA) is 33.9 Å². The Kier molecular flexibility index (Phi) is 6.93. The molecule has 12 rings (SSSR count). The summed E-state index contributed by atoms with van der Waals surface area (Å²) in [5.41, 5.74) is 17.0. The minimum Gasteiger partial charge on any atom is -0.455 e. The molecular weight excluding hydrogens is 693 g/mol. The van der Waals surface area contributed by atoms with Crippen molar-refractivity contribution in [2.45, 2.75) is 0 Å². The molecule has 0 radical (unpaired) electrons. The first-order chi connectivity index (χ1) is 28.2. The number of nitrogens with one attached hydrogen (secondary N) is 1. The fraction of sp³-hybridized carbons (Fsp3) is 0. The molecule has 3 heteroatoms. The predicted molar refractivity (Wildman–Crippen MR) is 239 cm³/mol. The second kappa shape index (κ2) is 12.5. The van der Waals surface area contributed by atoms with E-state index < -0.39 is 0 Å². The maximum atomic E-state index is 6.71. The van der Waals surface area contributed by atoms with Crippen molar-refractivity contribution in [1.29, 1.82) is 0 Å². The molecule has 9 aromatic carbocycles. The van der Waals surface area contributed by atoms with Crippen molar-refractivity contribution in [3.05, 3.63) is 200 Å². The normalized spacial score (nSPS) is 11.9. The molecule has 0 amide bonds. The van der Waals surface area contributed by atoms with Gasteiger partial charge in [-0.25, -0.2) is 0 Å². The number of fused-ring (bicyclic) bond motifs is 9.